The fourth-order valence-corrected chi connectivity index (χ4v) is 2.32. The fourth-order valence-electron chi connectivity index (χ4n) is 2.32. The summed E-state index contributed by atoms with van der Waals surface area (Å²) in [6.45, 7) is 0. The van der Waals surface area contributed by atoms with E-state index in [1.54, 1.807) is 18.5 Å². The first-order valence-electron chi connectivity index (χ1n) is 5.71. The maximum absolute atomic E-state index is 6.16. The van der Waals surface area contributed by atoms with E-state index in [4.69, 9.17) is 5.73 Å². The van der Waals surface area contributed by atoms with Crippen molar-refractivity contribution in [3.63, 3.8) is 0 Å². The fraction of sp³-hybridized carbons (Fsp3) is 0.231. The standard InChI is InChI=1S/C13H14N4/c14-11-8-9-4-1-2-5-10(9)12(11)17-13-15-6-3-7-16-13/h1-7,11-12H,8,14H2,(H,15,16,17). The molecule has 0 fully saturated rings. The molecule has 1 aromatic heterocycles. The van der Waals surface area contributed by atoms with Crippen LogP contribution in [0.4, 0.5) is 5.95 Å². The number of hydrogen-bond acceptors (Lipinski definition) is 4. The molecule has 0 aliphatic heterocycles. The van der Waals surface area contributed by atoms with E-state index < -0.39 is 0 Å². The van der Waals surface area contributed by atoms with Crippen LogP contribution in [-0.2, 0) is 6.42 Å². The van der Waals surface area contributed by atoms with Crippen molar-refractivity contribution in [1.82, 2.24) is 9.97 Å². The summed E-state index contributed by atoms with van der Waals surface area (Å²) in [5, 5.41) is 3.30. The molecule has 1 heterocycles. The lowest BCUT2D eigenvalue weighted by molar-refractivity contribution is 0.621. The summed E-state index contributed by atoms with van der Waals surface area (Å²) in [6.07, 6.45) is 4.35. The van der Waals surface area contributed by atoms with Gasteiger partial charge in [0.1, 0.15) is 0 Å². The van der Waals surface area contributed by atoms with E-state index in [2.05, 4.69) is 27.4 Å². The van der Waals surface area contributed by atoms with E-state index in [0.29, 0.717) is 5.95 Å². The number of nitrogens with zero attached hydrogens (tertiary/aromatic N) is 2. The average molecular weight is 226 g/mol. The third-order valence-corrected chi connectivity index (χ3v) is 3.12. The van der Waals surface area contributed by atoms with E-state index >= 15 is 0 Å². The van der Waals surface area contributed by atoms with Crippen LogP contribution in [0.15, 0.2) is 42.7 Å². The highest BCUT2D eigenvalue weighted by Crippen LogP contribution is 2.31. The minimum absolute atomic E-state index is 0.0798. The molecule has 4 nitrogen and oxygen atoms in total. The number of hydrogen-bond donors (Lipinski definition) is 2. The van der Waals surface area contributed by atoms with E-state index in [1.165, 1.54) is 11.1 Å². The molecule has 3 rings (SSSR count). The van der Waals surface area contributed by atoms with E-state index in [9.17, 15) is 0 Å². The zero-order valence-corrected chi connectivity index (χ0v) is 9.38. The molecule has 86 valence electrons. The molecule has 1 aromatic carbocycles. The molecule has 0 bridgehead atoms. The van der Waals surface area contributed by atoms with E-state index in [-0.39, 0.29) is 12.1 Å². The van der Waals surface area contributed by atoms with Gasteiger partial charge in [0, 0.05) is 18.4 Å². The minimum atomic E-state index is 0.0798. The summed E-state index contributed by atoms with van der Waals surface area (Å²) in [5.41, 5.74) is 8.73. The molecule has 1 aliphatic rings. The Hall–Kier alpha value is -1.94. The lowest BCUT2D eigenvalue weighted by atomic mass is 10.1. The topological polar surface area (TPSA) is 63.8 Å². The first kappa shape index (κ1) is 10.2. The van der Waals surface area contributed by atoms with Gasteiger partial charge in [-0.25, -0.2) is 9.97 Å². The van der Waals surface area contributed by atoms with Crippen molar-refractivity contribution in [2.45, 2.75) is 18.5 Å². The van der Waals surface area contributed by atoms with Gasteiger partial charge in [-0.3, -0.25) is 0 Å². The molecule has 1 aliphatic carbocycles. The van der Waals surface area contributed by atoms with Crippen LogP contribution in [0, 0.1) is 0 Å². The second-order valence-electron chi connectivity index (χ2n) is 4.26. The molecule has 4 heteroatoms. The number of anilines is 1. The highest BCUT2D eigenvalue weighted by atomic mass is 15.1. The van der Waals surface area contributed by atoms with Crippen molar-refractivity contribution in [1.29, 1.82) is 0 Å². The first-order valence-corrected chi connectivity index (χ1v) is 5.71. The van der Waals surface area contributed by atoms with Gasteiger partial charge in [0.15, 0.2) is 0 Å². The molecule has 2 unspecified atom stereocenters. The first-order chi connectivity index (χ1) is 8.34. The van der Waals surface area contributed by atoms with Gasteiger partial charge in [-0.2, -0.15) is 0 Å². The molecule has 2 aromatic rings. The number of benzene rings is 1. The number of nitrogens with two attached hydrogens (primary N) is 1. The molecule has 0 saturated carbocycles. The summed E-state index contributed by atoms with van der Waals surface area (Å²) in [4.78, 5) is 8.34. The Morgan fingerprint density at radius 3 is 2.71 bits per heavy atom. The van der Waals surface area contributed by atoms with Gasteiger partial charge in [0.2, 0.25) is 5.95 Å². The third kappa shape index (κ3) is 1.87. The predicted octanol–water partition coefficient (Wildman–Crippen LogP) is 1.51. The van der Waals surface area contributed by atoms with Gasteiger partial charge >= 0.3 is 0 Å². The van der Waals surface area contributed by atoms with Crippen LogP contribution in [0.25, 0.3) is 0 Å². The maximum Gasteiger partial charge on any atom is 0.223 e. The zero-order chi connectivity index (χ0) is 11.7. The van der Waals surface area contributed by atoms with Gasteiger partial charge in [0.05, 0.1) is 6.04 Å². The Bertz CT molecular complexity index is 512. The number of fused-ring (bicyclic) bond motifs is 1. The van der Waals surface area contributed by atoms with Gasteiger partial charge in [-0.1, -0.05) is 24.3 Å². The van der Waals surface area contributed by atoms with E-state index in [0.717, 1.165) is 6.42 Å². The van der Waals surface area contributed by atoms with Crippen LogP contribution in [0.5, 0.6) is 0 Å². The predicted molar refractivity (Wildman–Crippen MR) is 66.5 cm³/mol. The molecular weight excluding hydrogens is 212 g/mol. The molecule has 0 amide bonds. The molecule has 0 radical (unpaired) electrons. The van der Waals surface area contributed by atoms with Crippen molar-refractivity contribution in [2.24, 2.45) is 5.73 Å². The van der Waals surface area contributed by atoms with Crippen LogP contribution in [0.3, 0.4) is 0 Å². The summed E-state index contributed by atoms with van der Waals surface area (Å²) >= 11 is 0. The average Bonchev–Trinajstić information content (AvgIpc) is 2.68. The lowest BCUT2D eigenvalue weighted by Crippen LogP contribution is -2.30. The Labute approximate surface area is 99.9 Å². The Balaban J connectivity index is 1.89. The second-order valence-corrected chi connectivity index (χ2v) is 4.26. The highest BCUT2D eigenvalue weighted by Gasteiger charge is 2.29. The number of nitrogens with one attached hydrogen (secondary N) is 1. The van der Waals surface area contributed by atoms with Crippen molar-refractivity contribution >= 4 is 5.95 Å². The Morgan fingerprint density at radius 2 is 1.88 bits per heavy atom. The second kappa shape index (κ2) is 4.14. The summed E-state index contributed by atoms with van der Waals surface area (Å²) in [7, 11) is 0. The maximum atomic E-state index is 6.16. The molecule has 17 heavy (non-hydrogen) atoms. The SMILES string of the molecule is NC1Cc2ccccc2C1Nc1ncccn1. The smallest absolute Gasteiger partial charge is 0.223 e. The van der Waals surface area contributed by atoms with Gasteiger partial charge in [0.25, 0.3) is 0 Å². The molecule has 2 atom stereocenters. The van der Waals surface area contributed by atoms with Crippen molar-refractivity contribution in [3.8, 4) is 0 Å². The molecule has 0 spiro atoms. The van der Waals surface area contributed by atoms with Gasteiger partial charge in [-0.05, 0) is 23.6 Å². The van der Waals surface area contributed by atoms with Gasteiger partial charge in [-0.15, -0.1) is 0 Å². The summed E-state index contributed by atoms with van der Waals surface area (Å²) < 4.78 is 0. The molecular formula is C13H14N4. The summed E-state index contributed by atoms with van der Waals surface area (Å²) in [6, 6.07) is 10.3. The van der Waals surface area contributed by atoms with E-state index in [1.807, 2.05) is 12.1 Å². The molecule has 3 N–H and O–H groups in total. The van der Waals surface area contributed by atoms with Crippen LogP contribution in [0.1, 0.15) is 17.2 Å². The summed E-state index contributed by atoms with van der Waals surface area (Å²) in [5.74, 6) is 0.629. The van der Waals surface area contributed by atoms with Crippen molar-refractivity contribution in [3.05, 3.63) is 53.9 Å². The largest absolute Gasteiger partial charge is 0.346 e. The minimum Gasteiger partial charge on any atom is -0.346 e. The van der Waals surface area contributed by atoms with Crippen LogP contribution in [0.2, 0.25) is 0 Å². The van der Waals surface area contributed by atoms with Crippen molar-refractivity contribution in [2.75, 3.05) is 5.32 Å². The van der Waals surface area contributed by atoms with Crippen LogP contribution < -0.4 is 11.1 Å². The van der Waals surface area contributed by atoms with Crippen LogP contribution in [-0.4, -0.2) is 16.0 Å². The Kier molecular flexibility index (Phi) is 2.49. The quantitative estimate of drug-likeness (QED) is 0.814. The zero-order valence-electron chi connectivity index (χ0n) is 9.38. The third-order valence-electron chi connectivity index (χ3n) is 3.12. The van der Waals surface area contributed by atoms with Crippen molar-refractivity contribution < 1.29 is 0 Å². The number of aromatic nitrogens is 2. The highest BCUT2D eigenvalue weighted by molar-refractivity contribution is 5.42. The molecule has 0 saturated heterocycles. The van der Waals surface area contributed by atoms with Crippen LogP contribution >= 0.6 is 0 Å². The number of rotatable bonds is 2. The lowest BCUT2D eigenvalue weighted by Gasteiger charge is -2.18. The normalized spacial score (nSPS) is 22.2. The van der Waals surface area contributed by atoms with Gasteiger partial charge < -0.3 is 11.1 Å². The monoisotopic (exact) mass is 226 g/mol. The Morgan fingerprint density at radius 1 is 1.12 bits per heavy atom.